The maximum absolute atomic E-state index is 12.9. The Morgan fingerprint density at radius 2 is 1.84 bits per heavy atom. The average Bonchev–Trinajstić information content (AvgIpc) is 3.30. The third-order valence-electron chi connectivity index (χ3n) is 4.77. The molecule has 0 fully saturated rings. The van der Waals surface area contributed by atoms with Gasteiger partial charge in [-0.2, -0.15) is 4.98 Å². The summed E-state index contributed by atoms with van der Waals surface area (Å²) >= 11 is 6.20. The molecule has 4 aromatic rings. The molecule has 0 saturated carbocycles. The van der Waals surface area contributed by atoms with E-state index in [1.165, 1.54) is 0 Å². The topological polar surface area (TPSA) is 77.3 Å². The summed E-state index contributed by atoms with van der Waals surface area (Å²) in [6.07, 6.45) is 0.483. The minimum atomic E-state index is -0.530. The second kappa shape index (κ2) is 9.45. The molecule has 0 bridgehead atoms. The van der Waals surface area contributed by atoms with E-state index in [0.717, 1.165) is 11.1 Å². The highest BCUT2D eigenvalue weighted by atomic mass is 35.5. The summed E-state index contributed by atoms with van der Waals surface area (Å²) in [4.78, 5) is 17.4. The van der Waals surface area contributed by atoms with Gasteiger partial charge < -0.3 is 14.6 Å². The van der Waals surface area contributed by atoms with Gasteiger partial charge in [0.1, 0.15) is 11.8 Å². The summed E-state index contributed by atoms with van der Waals surface area (Å²) in [6, 6.07) is 23.5. The second-order valence-corrected chi connectivity index (χ2v) is 7.29. The number of hydrogen-bond acceptors (Lipinski definition) is 5. The SMILES string of the molecule is COc1cccc(-c2noc([C@H](Cc3ccccc3)NC(=O)c3ccccc3Cl)n2)c1. The highest BCUT2D eigenvalue weighted by Crippen LogP contribution is 2.25. The van der Waals surface area contributed by atoms with E-state index in [1.807, 2.05) is 54.6 Å². The number of hydrogen-bond donors (Lipinski definition) is 1. The molecule has 7 heteroatoms. The molecular weight excluding hydrogens is 414 g/mol. The normalized spacial score (nSPS) is 11.7. The van der Waals surface area contributed by atoms with Crippen LogP contribution in [0.4, 0.5) is 0 Å². The van der Waals surface area contributed by atoms with Crippen molar-refractivity contribution < 1.29 is 14.1 Å². The van der Waals surface area contributed by atoms with Gasteiger partial charge in [0.15, 0.2) is 0 Å². The maximum atomic E-state index is 12.9. The lowest BCUT2D eigenvalue weighted by Crippen LogP contribution is -2.30. The molecule has 1 atom stereocenters. The molecule has 1 heterocycles. The molecule has 0 unspecified atom stereocenters. The minimum Gasteiger partial charge on any atom is -0.497 e. The van der Waals surface area contributed by atoms with Crippen molar-refractivity contribution in [2.24, 2.45) is 0 Å². The van der Waals surface area contributed by atoms with Crippen LogP contribution in [0.15, 0.2) is 83.4 Å². The Balaban J connectivity index is 1.63. The van der Waals surface area contributed by atoms with Crippen molar-refractivity contribution in [1.29, 1.82) is 0 Å². The van der Waals surface area contributed by atoms with E-state index >= 15 is 0 Å². The molecule has 3 aromatic carbocycles. The zero-order valence-corrected chi connectivity index (χ0v) is 17.5. The third-order valence-corrected chi connectivity index (χ3v) is 5.10. The number of rotatable bonds is 7. The molecule has 0 radical (unpaired) electrons. The van der Waals surface area contributed by atoms with E-state index in [0.29, 0.717) is 34.5 Å². The molecule has 1 aromatic heterocycles. The van der Waals surface area contributed by atoms with E-state index in [4.69, 9.17) is 20.9 Å². The number of benzene rings is 3. The number of halogens is 1. The van der Waals surface area contributed by atoms with Gasteiger partial charge in [-0.3, -0.25) is 4.79 Å². The van der Waals surface area contributed by atoms with Crippen molar-refractivity contribution in [1.82, 2.24) is 15.5 Å². The first-order valence-corrected chi connectivity index (χ1v) is 10.1. The number of aromatic nitrogens is 2. The van der Waals surface area contributed by atoms with Crippen LogP contribution in [-0.4, -0.2) is 23.2 Å². The first kappa shape index (κ1) is 20.6. The number of carbonyl (C=O) groups excluding carboxylic acids is 1. The van der Waals surface area contributed by atoms with Crippen molar-refractivity contribution in [3.05, 3.63) is 101 Å². The number of nitrogens with one attached hydrogen (secondary N) is 1. The predicted octanol–water partition coefficient (Wildman–Crippen LogP) is 5.11. The summed E-state index contributed by atoms with van der Waals surface area (Å²) in [6.45, 7) is 0. The monoisotopic (exact) mass is 433 g/mol. The zero-order chi connectivity index (χ0) is 21.6. The van der Waals surface area contributed by atoms with Crippen LogP contribution in [0.2, 0.25) is 5.02 Å². The van der Waals surface area contributed by atoms with Crippen molar-refractivity contribution in [2.75, 3.05) is 7.11 Å². The lowest BCUT2D eigenvalue weighted by atomic mass is 10.1. The van der Waals surface area contributed by atoms with Gasteiger partial charge in [0, 0.05) is 12.0 Å². The van der Waals surface area contributed by atoms with Crippen LogP contribution in [0, 0.1) is 0 Å². The van der Waals surface area contributed by atoms with Gasteiger partial charge in [-0.05, 0) is 29.8 Å². The molecule has 1 N–H and O–H groups in total. The van der Waals surface area contributed by atoms with Crippen LogP contribution < -0.4 is 10.1 Å². The van der Waals surface area contributed by atoms with E-state index in [2.05, 4.69) is 15.5 Å². The van der Waals surface area contributed by atoms with Gasteiger partial charge in [-0.25, -0.2) is 0 Å². The summed E-state index contributed by atoms with van der Waals surface area (Å²) in [7, 11) is 1.60. The Bertz CT molecular complexity index is 1180. The highest BCUT2D eigenvalue weighted by Gasteiger charge is 2.24. The number of carbonyl (C=O) groups is 1. The first-order valence-electron chi connectivity index (χ1n) is 9.71. The Hall–Kier alpha value is -3.64. The summed E-state index contributed by atoms with van der Waals surface area (Å²) in [5.74, 6) is 1.10. The van der Waals surface area contributed by atoms with Gasteiger partial charge in [0.2, 0.25) is 11.7 Å². The van der Waals surface area contributed by atoms with Crippen molar-refractivity contribution in [3.8, 4) is 17.1 Å². The average molecular weight is 434 g/mol. The Morgan fingerprint density at radius 3 is 2.61 bits per heavy atom. The van der Waals surface area contributed by atoms with Crippen molar-refractivity contribution >= 4 is 17.5 Å². The van der Waals surface area contributed by atoms with Crippen molar-refractivity contribution in [2.45, 2.75) is 12.5 Å². The number of nitrogens with zero attached hydrogens (tertiary/aromatic N) is 2. The minimum absolute atomic E-state index is 0.307. The molecule has 1 amide bonds. The summed E-state index contributed by atoms with van der Waals surface area (Å²) in [5, 5.41) is 7.46. The van der Waals surface area contributed by atoms with Crippen LogP contribution in [0.5, 0.6) is 5.75 Å². The smallest absolute Gasteiger partial charge is 0.253 e. The Kier molecular flexibility index (Phi) is 6.29. The van der Waals surface area contributed by atoms with Gasteiger partial charge in [-0.15, -0.1) is 0 Å². The molecule has 0 aliphatic heterocycles. The standard InChI is InChI=1S/C24H20ClN3O3/c1-30-18-11-7-10-17(15-18)22-27-24(31-28-22)21(14-16-8-3-2-4-9-16)26-23(29)19-12-5-6-13-20(19)25/h2-13,15,21H,14H2,1H3,(H,26,29)/t21-/m0/s1. The van der Waals surface area contributed by atoms with Gasteiger partial charge >= 0.3 is 0 Å². The van der Waals surface area contributed by atoms with Crippen LogP contribution in [0.1, 0.15) is 27.9 Å². The number of amides is 1. The van der Waals surface area contributed by atoms with Crippen LogP contribution in [-0.2, 0) is 6.42 Å². The lowest BCUT2D eigenvalue weighted by molar-refractivity contribution is 0.0928. The third kappa shape index (κ3) is 4.92. The number of methoxy groups -OCH3 is 1. The predicted molar refractivity (Wildman–Crippen MR) is 118 cm³/mol. The summed E-state index contributed by atoms with van der Waals surface area (Å²) in [5.41, 5.74) is 2.16. The zero-order valence-electron chi connectivity index (χ0n) is 16.8. The van der Waals surface area contributed by atoms with Crippen LogP contribution in [0.3, 0.4) is 0 Å². The second-order valence-electron chi connectivity index (χ2n) is 6.88. The van der Waals surface area contributed by atoms with Gasteiger partial charge in [-0.1, -0.05) is 71.4 Å². The summed E-state index contributed by atoms with van der Waals surface area (Å²) < 4.78 is 10.8. The molecule has 0 aliphatic rings. The largest absolute Gasteiger partial charge is 0.497 e. The molecule has 156 valence electrons. The lowest BCUT2D eigenvalue weighted by Gasteiger charge is -2.16. The highest BCUT2D eigenvalue weighted by molar-refractivity contribution is 6.33. The maximum Gasteiger partial charge on any atom is 0.253 e. The Labute approximate surface area is 184 Å². The molecule has 0 saturated heterocycles. The fourth-order valence-corrected chi connectivity index (χ4v) is 3.41. The Morgan fingerprint density at radius 1 is 1.06 bits per heavy atom. The van der Waals surface area contributed by atoms with Crippen LogP contribution >= 0.6 is 11.6 Å². The van der Waals surface area contributed by atoms with E-state index in [9.17, 15) is 4.79 Å². The molecular formula is C24H20ClN3O3. The van der Waals surface area contributed by atoms with E-state index in [-0.39, 0.29) is 5.91 Å². The van der Waals surface area contributed by atoms with E-state index in [1.54, 1.807) is 31.4 Å². The van der Waals surface area contributed by atoms with Gasteiger partial charge in [0.25, 0.3) is 5.91 Å². The fourth-order valence-electron chi connectivity index (χ4n) is 3.19. The molecule has 6 nitrogen and oxygen atoms in total. The van der Waals surface area contributed by atoms with Crippen LogP contribution in [0.25, 0.3) is 11.4 Å². The number of ether oxygens (including phenoxy) is 1. The quantitative estimate of drug-likeness (QED) is 0.438. The molecule has 31 heavy (non-hydrogen) atoms. The van der Waals surface area contributed by atoms with Crippen molar-refractivity contribution in [3.63, 3.8) is 0 Å². The molecule has 4 rings (SSSR count). The molecule has 0 aliphatic carbocycles. The fraction of sp³-hybridized carbons (Fsp3) is 0.125. The van der Waals surface area contributed by atoms with Gasteiger partial charge in [0.05, 0.1) is 17.7 Å². The first-order chi connectivity index (χ1) is 15.1. The molecule has 0 spiro atoms. The van der Waals surface area contributed by atoms with E-state index < -0.39 is 6.04 Å².